The van der Waals surface area contributed by atoms with Crippen molar-refractivity contribution >= 4 is 10.0 Å². The summed E-state index contributed by atoms with van der Waals surface area (Å²) < 4.78 is 27.5. The fourth-order valence-electron chi connectivity index (χ4n) is 2.37. The molecule has 1 aromatic carbocycles. The van der Waals surface area contributed by atoms with Crippen molar-refractivity contribution in [3.63, 3.8) is 0 Å². The summed E-state index contributed by atoms with van der Waals surface area (Å²) in [5, 5.41) is 9.22. The Bertz CT molecular complexity index is 515. The number of sulfonamides is 1. The normalized spacial score (nSPS) is 18.3. The lowest BCUT2D eigenvalue weighted by Gasteiger charge is -2.41. The van der Waals surface area contributed by atoms with Crippen LogP contribution in [0, 0.1) is 0 Å². The van der Waals surface area contributed by atoms with E-state index < -0.39 is 10.0 Å². The standard InChI is InChI=1S/C13H19NO3S/c1-2-13(8-5-9-13)14-18(16,17)12-7-4-3-6-11(12)10-15/h3-4,6-7,14-15H,2,5,8-10H2,1H3. The molecule has 2 N–H and O–H groups in total. The predicted molar refractivity (Wildman–Crippen MR) is 69.6 cm³/mol. The molecule has 0 aliphatic heterocycles. The third kappa shape index (κ3) is 2.43. The Kier molecular flexibility index (Phi) is 3.75. The fraction of sp³-hybridized carbons (Fsp3) is 0.538. The highest BCUT2D eigenvalue weighted by molar-refractivity contribution is 7.89. The van der Waals surface area contributed by atoms with Gasteiger partial charge >= 0.3 is 0 Å². The molecule has 0 saturated heterocycles. The summed E-state index contributed by atoms with van der Waals surface area (Å²) in [6.45, 7) is 1.73. The van der Waals surface area contributed by atoms with Gasteiger partial charge in [-0.1, -0.05) is 25.1 Å². The molecule has 2 rings (SSSR count). The van der Waals surface area contributed by atoms with Gasteiger partial charge in [0, 0.05) is 5.54 Å². The molecule has 0 unspecified atom stereocenters. The van der Waals surface area contributed by atoms with Crippen LogP contribution in [-0.4, -0.2) is 19.1 Å². The fourth-order valence-corrected chi connectivity index (χ4v) is 4.13. The zero-order valence-electron chi connectivity index (χ0n) is 10.5. The van der Waals surface area contributed by atoms with Gasteiger partial charge in [0.1, 0.15) is 0 Å². The van der Waals surface area contributed by atoms with E-state index in [0.717, 1.165) is 25.7 Å². The Morgan fingerprint density at radius 1 is 1.33 bits per heavy atom. The summed E-state index contributed by atoms with van der Waals surface area (Å²) in [7, 11) is -3.54. The maximum Gasteiger partial charge on any atom is 0.241 e. The molecule has 1 saturated carbocycles. The molecular formula is C13H19NO3S. The van der Waals surface area contributed by atoms with Gasteiger partial charge in [-0.25, -0.2) is 13.1 Å². The molecule has 1 fully saturated rings. The van der Waals surface area contributed by atoms with Crippen LogP contribution in [0.1, 0.15) is 38.2 Å². The average molecular weight is 269 g/mol. The zero-order chi connectivity index (χ0) is 13.2. The number of benzene rings is 1. The molecule has 1 aromatic rings. The molecule has 0 spiro atoms. The first-order chi connectivity index (χ1) is 8.53. The van der Waals surface area contributed by atoms with E-state index in [0.29, 0.717) is 5.56 Å². The minimum Gasteiger partial charge on any atom is -0.392 e. The smallest absolute Gasteiger partial charge is 0.241 e. The maximum absolute atomic E-state index is 12.4. The highest BCUT2D eigenvalue weighted by Gasteiger charge is 2.39. The van der Waals surface area contributed by atoms with Crippen LogP contribution in [0.3, 0.4) is 0 Å². The lowest BCUT2D eigenvalue weighted by molar-refractivity contribution is 0.213. The summed E-state index contributed by atoms with van der Waals surface area (Å²) in [6.07, 6.45) is 3.65. The molecular weight excluding hydrogens is 250 g/mol. The van der Waals surface area contributed by atoms with Gasteiger partial charge in [0.2, 0.25) is 10.0 Å². The van der Waals surface area contributed by atoms with Crippen LogP contribution in [0.4, 0.5) is 0 Å². The molecule has 18 heavy (non-hydrogen) atoms. The number of hydrogen-bond acceptors (Lipinski definition) is 3. The van der Waals surface area contributed by atoms with Crippen molar-refractivity contribution in [1.29, 1.82) is 0 Å². The van der Waals surface area contributed by atoms with Crippen LogP contribution < -0.4 is 4.72 Å². The summed E-state index contributed by atoms with van der Waals surface area (Å²) in [6, 6.07) is 6.57. The number of hydrogen-bond donors (Lipinski definition) is 2. The van der Waals surface area contributed by atoms with Crippen molar-refractivity contribution in [3.05, 3.63) is 29.8 Å². The van der Waals surface area contributed by atoms with E-state index in [9.17, 15) is 13.5 Å². The maximum atomic E-state index is 12.4. The van der Waals surface area contributed by atoms with E-state index in [1.54, 1.807) is 18.2 Å². The van der Waals surface area contributed by atoms with Gasteiger partial charge in [-0.05, 0) is 37.3 Å². The van der Waals surface area contributed by atoms with Crippen LogP contribution in [0.15, 0.2) is 29.2 Å². The monoisotopic (exact) mass is 269 g/mol. The van der Waals surface area contributed by atoms with Gasteiger partial charge < -0.3 is 5.11 Å². The lowest BCUT2D eigenvalue weighted by Crippen LogP contribution is -2.52. The van der Waals surface area contributed by atoms with Gasteiger partial charge in [-0.15, -0.1) is 0 Å². The minimum atomic E-state index is -3.54. The Labute approximate surface area is 108 Å². The highest BCUT2D eigenvalue weighted by atomic mass is 32.2. The van der Waals surface area contributed by atoms with E-state index in [1.165, 1.54) is 6.07 Å². The second-order valence-electron chi connectivity index (χ2n) is 4.86. The Hall–Kier alpha value is -0.910. The molecule has 4 nitrogen and oxygen atoms in total. The first-order valence-corrected chi connectivity index (χ1v) is 7.74. The quantitative estimate of drug-likeness (QED) is 0.856. The van der Waals surface area contributed by atoms with Crippen molar-refractivity contribution in [2.24, 2.45) is 0 Å². The SMILES string of the molecule is CCC1(NS(=O)(=O)c2ccccc2CO)CCC1. The van der Waals surface area contributed by atoms with Crippen molar-refractivity contribution in [1.82, 2.24) is 4.72 Å². The molecule has 0 atom stereocenters. The number of aliphatic hydroxyl groups excluding tert-OH is 1. The predicted octanol–water partition coefficient (Wildman–Crippen LogP) is 1.79. The Morgan fingerprint density at radius 2 is 2.00 bits per heavy atom. The van der Waals surface area contributed by atoms with E-state index in [-0.39, 0.29) is 17.0 Å². The topological polar surface area (TPSA) is 66.4 Å². The molecule has 0 amide bonds. The zero-order valence-corrected chi connectivity index (χ0v) is 11.3. The number of rotatable bonds is 5. The van der Waals surface area contributed by atoms with Gasteiger partial charge in [0.15, 0.2) is 0 Å². The van der Waals surface area contributed by atoms with Gasteiger partial charge in [0.05, 0.1) is 11.5 Å². The van der Waals surface area contributed by atoms with Crippen LogP contribution in [-0.2, 0) is 16.6 Å². The van der Waals surface area contributed by atoms with Crippen LogP contribution in [0.2, 0.25) is 0 Å². The third-order valence-electron chi connectivity index (χ3n) is 3.77. The molecule has 100 valence electrons. The molecule has 0 radical (unpaired) electrons. The molecule has 1 aliphatic rings. The van der Waals surface area contributed by atoms with E-state index in [1.807, 2.05) is 6.92 Å². The average Bonchev–Trinajstić information content (AvgIpc) is 2.34. The first kappa shape index (κ1) is 13.5. The second kappa shape index (κ2) is 4.99. The molecule has 0 bridgehead atoms. The Balaban J connectivity index is 2.31. The van der Waals surface area contributed by atoms with Crippen LogP contribution >= 0.6 is 0 Å². The molecule has 1 aliphatic carbocycles. The molecule has 0 aromatic heterocycles. The molecule has 5 heteroatoms. The lowest BCUT2D eigenvalue weighted by atomic mass is 9.76. The van der Waals surface area contributed by atoms with Crippen LogP contribution in [0.5, 0.6) is 0 Å². The number of nitrogens with one attached hydrogen (secondary N) is 1. The largest absolute Gasteiger partial charge is 0.392 e. The minimum absolute atomic E-state index is 0.187. The van der Waals surface area contributed by atoms with Gasteiger partial charge in [0.25, 0.3) is 0 Å². The van der Waals surface area contributed by atoms with Crippen LogP contribution in [0.25, 0.3) is 0 Å². The highest BCUT2D eigenvalue weighted by Crippen LogP contribution is 2.36. The van der Waals surface area contributed by atoms with Crippen molar-refractivity contribution < 1.29 is 13.5 Å². The summed E-state index contributed by atoms with van der Waals surface area (Å²) >= 11 is 0. The van der Waals surface area contributed by atoms with E-state index in [4.69, 9.17) is 0 Å². The van der Waals surface area contributed by atoms with Crippen molar-refractivity contribution in [3.8, 4) is 0 Å². The van der Waals surface area contributed by atoms with E-state index in [2.05, 4.69) is 4.72 Å². The Morgan fingerprint density at radius 3 is 2.50 bits per heavy atom. The number of aliphatic hydroxyl groups is 1. The molecule has 0 heterocycles. The van der Waals surface area contributed by atoms with E-state index >= 15 is 0 Å². The summed E-state index contributed by atoms with van der Waals surface area (Å²) in [4.78, 5) is 0.187. The third-order valence-corrected chi connectivity index (χ3v) is 5.45. The first-order valence-electron chi connectivity index (χ1n) is 6.26. The summed E-state index contributed by atoms with van der Waals surface area (Å²) in [5.41, 5.74) is 0.164. The van der Waals surface area contributed by atoms with Crippen molar-refractivity contribution in [2.45, 2.75) is 49.6 Å². The van der Waals surface area contributed by atoms with Crippen molar-refractivity contribution in [2.75, 3.05) is 0 Å². The van der Waals surface area contributed by atoms with Gasteiger partial charge in [-0.3, -0.25) is 0 Å². The van der Waals surface area contributed by atoms with Gasteiger partial charge in [-0.2, -0.15) is 0 Å². The summed E-state index contributed by atoms with van der Waals surface area (Å²) in [5.74, 6) is 0. The second-order valence-corrected chi connectivity index (χ2v) is 6.51.